The molecular formula is C15H22O7. The third-order valence-electron chi connectivity index (χ3n) is 3.70. The van der Waals surface area contributed by atoms with E-state index in [1.165, 1.54) is 19.2 Å². The summed E-state index contributed by atoms with van der Waals surface area (Å²) in [4.78, 5) is 0. The maximum absolute atomic E-state index is 9.99. The summed E-state index contributed by atoms with van der Waals surface area (Å²) in [7, 11) is 1.45. The molecule has 2 rings (SSSR count). The van der Waals surface area contributed by atoms with Gasteiger partial charge in [-0.25, -0.2) is 0 Å². The normalized spacial score (nSPS) is 33.6. The minimum atomic E-state index is -1.38. The Morgan fingerprint density at radius 1 is 1.09 bits per heavy atom. The average molecular weight is 314 g/mol. The number of methoxy groups -OCH3 is 1. The third kappa shape index (κ3) is 3.75. The van der Waals surface area contributed by atoms with Crippen LogP contribution in [0.2, 0.25) is 0 Å². The van der Waals surface area contributed by atoms with Crippen molar-refractivity contribution < 1.29 is 34.6 Å². The Morgan fingerprint density at radius 3 is 2.32 bits per heavy atom. The summed E-state index contributed by atoms with van der Waals surface area (Å²) >= 11 is 0. The van der Waals surface area contributed by atoms with Crippen molar-refractivity contribution in [2.75, 3.05) is 13.7 Å². The van der Waals surface area contributed by atoms with Crippen LogP contribution in [0.3, 0.4) is 0 Å². The molecule has 0 spiro atoms. The number of aromatic hydroxyl groups is 1. The van der Waals surface area contributed by atoms with Gasteiger partial charge in [0.15, 0.2) is 6.29 Å². The number of phenolic OH excluding ortho intramolecular Hbond substituents is 1. The van der Waals surface area contributed by atoms with Gasteiger partial charge in [-0.2, -0.15) is 0 Å². The van der Waals surface area contributed by atoms with Crippen LogP contribution in [0.4, 0.5) is 0 Å². The van der Waals surface area contributed by atoms with Crippen molar-refractivity contribution >= 4 is 0 Å². The lowest BCUT2D eigenvalue weighted by Crippen LogP contribution is -2.59. The molecule has 6 atom stereocenters. The number of benzene rings is 1. The molecule has 0 aromatic heterocycles. The van der Waals surface area contributed by atoms with Crippen molar-refractivity contribution in [2.24, 2.45) is 0 Å². The Kier molecular flexibility index (Phi) is 5.74. The van der Waals surface area contributed by atoms with Crippen LogP contribution in [-0.2, 0) is 14.2 Å². The maximum atomic E-state index is 9.99. The summed E-state index contributed by atoms with van der Waals surface area (Å²) in [5, 5.41) is 39.0. The van der Waals surface area contributed by atoms with E-state index in [-0.39, 0.29) is 12.4 Å². The molecule has 1 unspecified atom stereocenters. The number of aliphatic hydroxyl groups excluding tert-OH is 3. The molecule has 7 nitrogen and oxygen atoms in total. The lowest BCUT2D eigenvalue weighted by atomic mass is 9.99. The highest BCUT2D eigenvalue weighted by Gasteiger charge is 2.44. The molecule has 22 heavy (non-hydrogen) atoms. The summed E-state index contributed by atoms with van der Waals surface area (Å²) < 4.78 is 16.1. The highest BCUT2D eigenvalue weighted by atomic mass is 16.7. The predicted molar refractivity (Wildman–Crippen MR) is 76.2 cm³/mol. The molecule has 1 heterocycles. The van der Waals surface area contributed by atoms with Gasteiger partial charge >= 0.3 is 0 Å². The number of ether oxygens (including phenoxy) is 3. The Morgan fingerprint density at radius 2 is 1.73 bits per heavy atom. The van der Waals surface area contributed by atoms with E-state index in [9.17, 15) is 20.4 Å². The zero-order chi connectivity index (χ0) is 16.3. The van der Waals surface area contributed by atoms with E-state index in [1.807, 2.05) is 0 Å². The summed E-state index contributed by atoms with van der Waals surface area (Å²) in [6, 6.07) is 6.43. The van der Waals surface area contributed by atoms with Crippen molar-refractivity contribution in [3.8, 4) is 5.75 Å². The zero-order valence-electron chi connectivity index (χ0n) is 12.5. The maximum Gasteiger partial charge on any atom is 0.187 e. The van der Waals surface area contributed by atoms with Crippen molar-refractivity contribution in [1.29, 1.82) is 0 Å². The summed E-state index contributed by atoms with van der Waals surface area (Å²) in [6.45, 7) is 1.82. The highest BCUT2D eigenvalue weighted by Crippen LogP contribution is 2.28. The lowest BCUT2D eigenvalue weighted by molar-refractivity contribution is -0.311. The number of phenols is 1. The van der Waals surface area contributed by atoms with Crippen LogP contribution in [0.25, 0.3) is 0 Å². The second kappa shape index (κ2) is 7.36. The molecule has 4 N–H and O–H groups in total. The van der Waals surface area contributed by atoms with Crippen molar-refractivity contribution in [1.82, 2.24) is 0 Å². The van der Waals surface area contributed by atoms with Crippen LogP contribution in [0.5, 0.6) is 5.75 Å². The molecule has 1 aliphatic heterocycles. The van der Waals surface area contributed by atoms with Gasteiger partial charge in [-0.1, -0.05) is 12.1 Å². The van der Waals surface area contributed by atoms with Crippen LogP contribution < -0.4 is 0 Å². The summed E-state index contributed by atoms with van der Waals surface area (Å²) in [6.07, 6.45) is -6.33. The van der Waals surface area contributed by atoms with E-state index in [1.54, 1.807) is 19.1 Å². The minimum Gasteiger partial charge on any atom is -0.508 e. The Hall–Kier alpha value is -1.22. The lowest BCUT2D eigenvalue weighted by Gasteiger charge is -2.40. The van der Waals surface area contributed by atoms with E-state index >= 15 is 0 Å². The van der Waals surface area contributed by atoms with Crippen LogP contribution >= 0.6 is 0 Å². The monoisotopic (exact) mass is 314 g/mol. The molecule has 124 valence electrons. The van der Waals surface area contributed by atoms with E-state index in [4.69, 9.17) is 14.2 Å². The van der Waals surface area contributed by atoms with Crippen LogP contribution in [0, 0.1) is 0 Å². The molecule has 1 fully saturated rings. The van der Waals surface area contributed by atoms with E-state index in [0.717, 1.165) is 5.56 Å². The fourth-order valence-electron chi connectivity index (χ4n) is 2.36. The Bertz CT molecular complexity index is 463. The number of hydrogen-bond donors (Lipinski definition) is 4. The fraction of sp³-hybridized carbons (Fsp3) is 0.600. The van der Waals surface area contributed by atoms with Crippen LogP contribution in [0.1, 0.15) is 18.6 Å². The van der Waals surface area contributed by atoms with Crippen molar-refractivity contribution in [3.05, 3.63) is 29.8 Å². The molecule has 1 aliphatic rings. The topological polar surface area (TPSA) is 109 Å². The smallest absolute Gasteiger partial charge is 0.187 e. The third-order valence-corrected chi connectivity index (χ3v) is 3.70. The molecule has 1 aromatic rings. The number of aliphatic hydroxyl groups is 3. The van der Waals surface area contributed by atoms with Gasteiger partial charge in [0, 0.05) is 7.11 Å². The first-order chi connectivity index (χ1) is 10.4. The quantitative estimate of drug-likeness (QED) is 0.602. The van der Waals surface area contributed by atoms with Gasteiger partial charge in [0.05, 0.1) is 12.7 Å². The second-order valence-electron chi connectivity index (χ2n) is 5.34. The van der Waals surface area contributed by atoms with Crippen molar-refractivity contribution in [2.45, 2.75) is 43.7 Å². The average Bonchev–Trinajstić information content (AvgIpc) is 2.50. The first kappa shape index (κ1) is 17.1. The van der Waals surface area contributed by atoms with Crippen LogP contribution in [0.15, 0.2) is 24.3 Å². The molecule has 0 saturated carbocycles. The van der Waals surface area contributed by atoms with Gasteiger partial charge < -0.3 is 34.6 Å². The largest absolute Gasteiger partial charge is 0.508 e. The summed E-state index contributed by atoms with van der Waals surface area (Å²) in [5.74, 6) is 0.142. The number of hydrogen-bond acceptors (Lipinski definition) is 7. The Labute approximate surface area is 128 Å². The first-order valence-corrected chi connectivity index (χ1v) is 7.07. The van der Waals surface area contributed by atoms with Crippen LogP contribution in [-0.4, -0.2) is 64.8 Å². The van der Waals surface area contributed by atoms with Gasteiger partial charge in [0.25, 0.3) is 0 Å². The molecule has 0 bridgehead atoms. The fourth-order valence-corrected chi connectivity index (χ4v) is 2.36. The molecule has 0 radical (unpaired) electrons. The second-order valence-corrected chi connectivity index (χ2v) is 5.34. The van der Waals surface area contributed by atoms with Gasteiger partial charge in [0.2, 0.25) is 0 Å². The molecule has 1 saturated heterocycles. The molecule has 0 amide bonds. The zero-order valence-corrected chi connectivity index (χ0v) is 12.5. The van der Waals surface area contributed by atoms with E-state index in [2.05, 4.69) is 0 Å². The van der Waals surface area contributed by atoms with Gasteiger partial charge in [-0.3, -0.25) is 0 Å². The van der Waals surface area contributed by atoms with Crippen molar-refractivity contribution in [3.63, 3.8) is 0 Å². The highest BCUT2D eigenvalue weighted by molar-refractivity contribution is 5.27. The van der Waals surface area contributed by atoms with Gasteiger partial charge in [0.1, 0.15) is 30.2 Å². The predicted octanol–water partition coefficient (Wildman–Crippen LogP) is -0.0762. The summed E-state index contributed by atoms with van der Waals surface area (Å²) in [5.41, 5.74) is 0.775. The molecular weight excluding hydrogens is 292 g/mol. The van der Waals surface area contributed by atoms with E-state index in [0.29, 0.717) is 0 Å². The number of rotatable bonds is 5. The van der Waals surface area contributed by atoms with E-state index < -0.39 is 36.8 Å². The molecule has 0 aliphatic carbocycles. The molecule has 1 aromatic carbocycles. The first-order valence-electron chi connectivity index (χ1n) is 7.07. The van der Waals surface area contributed by atoms with Gasteiger partial charge in [-0.05, 0) is 24.6 Å². The Balaban J connectivity index is 2.05. The standard InChI is InChI=1S/C15H22O7/c1-8(9-3-5-10(16)6-4-9)21-15-14(19)13(18)12(17)11(22-15)7-20-2/h3-6,8,11-19H,7H2,1-2H3/t8?,11-,12-,13+,14-,15-/m1/s1. The minimum absolute atomic E-state index is 0.0679. The molecule has 7 heteroatoms. The SMILES string of the molecule is COC[C@H]1O[C@@H](OC(C)c2ccc(O)cc2)[C@H](O)[C@@H](O)[C@@H]1O. The van der Waals surface area contributed by atoms with Gasteiger partial charge in [-0.15, -0.1) is 0 Å².